The summed E-state index contributed by atoms with van der Waals surface area (Å²) in [6.45, 7) is 2.29. The van der Waals surface area contributed by atoms with Crippen LogP contribution in [0.4, 0.5) is 4.79 Å². The van der Waals surface area contributed by atoms with E-state index >= 15 is 0 Å². The molecule has 0 saturated heterocycles. The van der Waals surface area contributed by atoms with Crippen molar-refractivity contribution >= 4 is 16.1 Å². The summed E-state index contributed by atoms with van der Waals surface area (Å²) in [5.74, 6) is 0. The van der Waals surface area contributed by atoms with Gasteiger partial charge in [-0.3, -0.25) is 0 Å². The fourth-order valence-electron chi connectivity index (χ4n) is 2.26. The molecule has 24 heavy (non-hydrogen) atoms. The van der Waals surface area contributed by atoms with Gasteiger partial charge in [0.05, 0.1) is 10.9 Å². The van der Waals surface area contributed by atoms with E-state index in [1.54, 1.807) is 19.1 Å². The Bertz CT molecular complexity index is 792. The van der Waals surface area contributed by atoms with Gasteiger partial charge in [0.2, 0.25) is 10.0 Å². The van der Waals surface area contributed by atoms with Gasteiger partial charge in [-0.15, -0.1) is 0 Å². The zero-order chi connectivity index (χ0) is 17.6. The van der Waals surface area contributed by atoms with Gasteiger partial charge in [0.1, 0.15) is 0 Å². The van der Waals surface area contributed by atoms with Crippen LogP contribution in [-0.2, 0) is 16.4 Å². The van der Waals surface area contributed by atoms with Crippen LogP contribution in [0.5, 0.6) is 0 Å². The Morgan fingerprint density at radius 3 is 2.50 bits per heavy atom. The molecule has 0 aliphatic rings. The second-order valence-electron chi connectivity index (χ2n) is 5.48. The number of nitrogens with two attached hydrogens (primary N) is 1. The Balaban J connectivity index is 1.87. The van der Waals surface area contributed by atoms with Gasteiger partial charge in [0.15, 0.2) is 0 Å². The zero-order valence-corrected chi connectivity index (χ0v) is 14.2. The maximum absolute atomic E-state index is 11.9. The van der Waals surface area contributed by atoms with Crippen LogP contribution in [0.1, 0.15) is 24.1 Å². The van der Waals surface area contributed by atoms with Crippen molar-refractivity contribution in [1.29, 1.82) is 0 Å². The van der Waals surface area contributed by atoms with Crippen LogP contribution in [0.3, 0.4) is 0 Å². The number of hydrogen-bond acceptors (Lipinski definition) is 3. The molecule has 2 aromatic carbocycles. The Morgan fingerprint density at radius 2 is 1.83 bits per heavy atom. The summed E-state index contributed by atoms with van der Waals surface area (Å²) in [5, 5.41) is 10.7. The summed E-state index contributed by atoms with van der Waals surface area (Å²) in [4.78, 5) is 12.0. The van der Waals surface area contributed by atoms with Gasteiger partial charge in [-0.1, -0.05) is 42.5 Å². The number of benzene rings is 2. The summed E-state index contributed by atoms with van der Waals surface area (Å²) in [6.07, 6.45) is 0.740. The van der Waals surface area contributed by atoms with E-state index in [1.165, 1.54) is 12.1 Å². The van der Waals surface area contributed by atoms with Crippen molar-refractivity contribution in [3.63, 3.8) is 0 Å². The highest BCUT2D eigenvalue weighted by Gasteiger charge is 2.13. The molecule has 2 aromatic rings. The molecule has 0 bridgehead atoms. The Kier molecular flexibility index (Phi) is 5.94. The molecule has 1 unspecified atom stereocenters. The summed E-state index contributed by atoms with van der Waals surface area (Å²) in [5.41, 5.74) is 1.81. The molecule has 1 atom stereocenters. The summed E-state index contributed by atoms with van der Waals surface area (Å²) < 4.78 is 22.8. The van der Waals surface area contributed by atoms with E-state index in [0.717, 1.165) is 12.0 Å². The van der Waals surface area contributed by atoms with Crippen LogP contribution in [-0.4, -0.2) is 21.0 Å². The van der Waals surface area contributed by atoms with E-state index < -0.39 is 10.0 Å². The standard InChI is InChI=1S/C17H21N3O3S/c1-13(15-8-5-9-16(12-15)24(18,22)23)20-17(21)19-11-10-14-6-3-2-4-7-14/h2-9,12-13H,10-11H2,1H3,(H2,18,22,23)(H2,19,20,21). The maximum Gasteiger partial charge on any atom is 0.315 e. The third-order valence-corrected chi connectivity index (χ3v) is 4.49. The first kappa shape index (κ1) is 18.0. The van der Waals surface area contributed by atoms with Crippen LogP contribution in [0, 0.1) is 0 Å². The fourth-order valence-corrected chi connectivity index (χ4v) is 2.83. The highest BCUT2D eigenvalue weighted by Crippen LogP contribution is 2.16. The second-order valence-corrected chi connectivity index (χ2v) is 7.04. The van der Waals surface area contributed by atoms with Crippen molar-refractivity contribution < 1.29 is 13.2 Å². The van der Waals surface area contributed by atoms with Crippen molar-refractivity contribution in [1.82, 2.24) is 10.6 Å². The lowest BCUT2D eigenvalue weighted by atomic mass is 10.1. The SMILES string of the molecule is CC(NC(=O)NCCc1ccccc1)c1cccc(S(N)(=O)=O)c1. The van der Waals surface area contributed by atoms with E-state index in [1.807, 2.05) is 30.3 Å². The molecule has 7 heteroatoms. The predicted octanol–water partition coefficient (Wildman–Crippen LogP) is 1.94. The lowest BCUT2D eigenvalue weighted by Gasteiger charge is -2.15. The first-order valence-electron chi connectivity index (χ1n) is 7.57. The van der Waals surface area contributed by atoms with Crippen LogP contribution in [0.2, 0.25) is 0 Å². The molecule has 4 N–H and O–H groups in total. The van der Waals surface area contributed by atoms with Crippen molar-refractivity contribution in [2.24, 2.45) is 5.14 Å². The molecule has 0 saturated carbocycles. The molecule has 0 aromatic heterocycles. The maximum atomic E-state index is 11.9. The normalized spacial score (nSPS) is 12.4. The molecule has 2 amide bonds. The zero-order valence-electron chi connectivity index (χ0n) is 13.4. The topological polar surface area (TPSA) is 101 Å². The van der Waals surface area contributed by atoms with Gasteiger partial charge in [0.25, 0.3) is 0 Å². The van der Waals surface area contributed by atoms with Crippen LogP contribution in [0.15, 0.2) is 59.5 Å². The minimum atomic E-state index is -3.76. The highest BCUT2D eigenvalue weighted by atomic mass is 32.2. The number of sulfonamides is 1. The molecular weight excluding hydrogens is 326 g/mol. The number of primary sulfonamides is 1. The minimum absolute atomic E-state index is 0.0261. The smallest absolute Gasteiger partial charge is 0.315 e. The molecular formula is C17H21N3O3S. The van der Waals surface area contributed by atoms with E-state index in [0.29, 0.717) is 12.1 Å². The van der Waals surface area contributed by atoms with E-state index in [-0.39, 0.29) is 17.0 Å². The van der Waals surface area contributed by atoms with Gasteiger partial charge in [-0.2, -0.15) is 0 Å². The molecule has 0 fully saturated rings. The van der Waals surface area contributed by atoms with Crippen LogP contribution >= 0.6 is 0 Å². The van der Waals surface area contributed by atoms with Gasteiger partial charge in [-0.25, -0.2) is 18.4 Å². The number of amides is 2. The minimum Gasteiger partial charge on any atom is -0.338 e. The summed E-state index contributed by atoms with van der Waals surface area (Å²) in [6, 6.07) is 15.4. The van der Waals surface area contributed by atoms with E-state index in [4.69, 9.17) is 5.14 Å². The number of rotatable bonds is 6. The van der Waals surface area contributed by atoms with E-state index in [9.17, 15) is 13.2 Å². The van der Waals surface area contributed by atoms with Crippen molar-refractivity contribution in [3.05, 3.63) is 65.7 Å². The average Bonchev–Trinajstić information content (AvgIpc) is 2.55. The van der Waals surface area contributed by atoms with Gasteiger partial charge in [-0.05, 0) is 36.6 Å². The summed E-state index contributed by atoms with van der Waals surface area (Å²) >= 11 is 0. The monoisotopic (exact) mass is 347 g/mol. The van der Waals surface area contributed by atoms with Crippen molar-refractivity contribution in [3.8, 4) is 0 Å². The summed E-state index contributed by atoms with van der Waals surface area (Å²) in [7, 11) is -3.76. The number of carbonyl (C=O) groups excluding carboxylic acids is 1. The first-order chi connectivity index (χ1) is 11.4. The fraction of sp³-hybridized carbons (Fsp3) is 0.235. The Labute approximate surface area is 142 Å². The lowest BCUT2D eigenvalue weighted by Crippen LogP contribution is -2.38. The number of hydrogen-bond donors (Lipinski definition) is 3. The Morgan fingerprint density at radius 1 is 1.12 bits per heavy atom. The molecule has 0 aliphatic heterocycles. The Hall–Kier alpha value is -2.38. The molecule has 0 heterocycles. The molecule has 128 valence electrons. The molecule has 0 spiro atoms. The molecule has 0 aliphatic carbocycles. The average molecular weight is 347 g/mol. The third-order valence-electron chi connectivity index (χ3n) is 3.58. The quantitative estimate of drug-likeness (QED) is 0.744. The molecule has 6 nitrogen and oxygen atoms in total. The van der Waals surface area contributed by atoms with Crippen molar-refractivity contribution in [2.45, 2.75) is 24.3 Å². The first-order valence-corrected chi connectivity index (χ1v) is 9.12. The number of urea groups is 1. The third kappa shape index (κ3) is 5.36. The van der Waals surface area contributed by atoms with Gasteiger partial charge in [0, 0.05) is 6.54 Å². The van der Waals surface area contributed by atoms with Crippen LogP contribution < -0.4 is 15.8 Å². The predicted molar refractivity (Wildman–Crippen MR) is 92.9 cm³/mol. The largest absolute Gasteiger partial charge is 0.338 e. The van der Waals surface area contributed by atoms with E-state index in [2.05, 4.69) is 10.6 Å². The number of nitrogens with one attached hydrogen (secondary N) is 2. The van der Waals surface area contributed by atoms with Gasteiger partial charge < -0.3 is 10.6 Å². The van der Waals surface area contributed by atoms with Gasteiger partial charge >= 0.3 is 6.03 Å². The second kappa shape index (κ2) is 7.94. The number of carbonyl (C=O) groups is 1. The highest BCUT2D eigenvalue weighted by molar-refractivity contribution is 7.89. The van der Waals surface area contributed by atoms with Crippen LogP contribution in [0.25, 0.3) is 0 Å². The van der Waals surface area contributed by atoms with Crippen molar-refractivity contribution in [2.75, 3.05) is 6.54 Å². The lowest BCUT2D eigenvalue weighted by molar-refractivity contribution is 0.238. The molecule has 2 rings (SSSR count). The molecule has 0 radical (unpaired) electrons.